The van der Waals surface area contributed by atoms with Crippen LogP contribution in [0, 0.1) is 17.6 Å². The second-order valence-electron chi connectivity index (χ2n) is 4.22. The molecule has 0 spiro atoms. The number of amides is 1. The van der Waals surface area contributed by atoms with Gasteiger partial charge in [-0.05, 0) is 18.1 Å². The summed E-state index contributed by atoms with van der Waals surface area (Å²) < 4.78 is 25.8. The summed E-state index contributed by atoms with van der Waals surface area (Å²) in [6.07, 6.45) is 0. The van der Waals surface area contributed by atoms with Gasteiger partial charge in [0.05, 0.1) is 0 Å². The summed E-state index contributed by atoms with van der Waals surface area (Å²) in [5, 5.41) is 2.64. The lowest BCUT2D eigenvalue weighted by Crippen LogP contribution is -2.43. The van der Waals surface area contributed by atoms with Crippen molar-refractivity contribution in [3.63, 3.8) is 0 Å². The first-order valence-corrected chi connectivity index (χ1v) is 5.41. The Morgan fingerprint density at radius 3 is 2.24 bits per heavy atom. The molecule has 1 aromatic rings. The van der Waals surface area contributed by atoms with E-state index in [1.807, 2.05) is 13.8 Å². The molecule has 1 rings (SSSR count). The number of nitrogens with one attached hydrogen (secondary N) is 1. The molecule has 94 valence electrons. The average molecular weight is 242 g/mol. The molecule has 3 N–H and O–H groups in total. The summed E-state index contributed by atoms with van der Waals surface area (Å²) in [6, 6.07) is 2.49. The van der Waals surface area contributed by atoms with E-state index in [0.29, 0.717) is 0 Å². The molecule has 0 saturated carbocycles. The van der Waals surface area contributed by atoms with Crippen LogP contribution in [0.1, 0.15) is 24.2 Å². The summed E-state index contributed by atoms with van der Waals surface area (Å²) in [5.74, 6) is -1.91. The third kappa shape index (κ3) is 3.78. The topological polar surface area (TPSA) is 55.1 Å². The van der Waals surface area contributed by atoms with Crippen LogP contribution in [0.4, 0.5) is 8.78 Å². The molecule has 1 aromatic carbocycles. The molecule has 0 saturated heterocycles. The third-order valence-electron chi connectivity index (χ3n) is 2.50. The molecule has 17 heavy (non-hydrogen) atoms. The summed E-state index contributed by atoms with van der Waals surface area (Å²) in [5.41, 5.74) is 5.46. The van der Waals surface area contributed by atoms with Gasteiger partial charge in [0, 0.05) is 24.2 Å². The van der Waals surface area contributed by atoms with Gasteiger partial charge < -0.3 is 11.1 Å². The molecule has 3 nitrogen and oxygen atoms in total. The van der Waals surface area contributed by atoms with Crippen molar-refractivity contribution in [2.75, 3.05) is 6.54 Å². The highest BCUT2D eigenvalue weighted by molar-refractivity contribution is 5.94. The SMILES string of the molecule is CC(C)C(CN)NC(=O)c1cc(F)cc(F)c1. The van der Waals surface area contributed by atoms with Crippen LogP contribution in [0.5, 0.6) is 0 Å². The number of halogens is 2. The van der Waals surface area contributed by atoms with Crippen molar-refractivity contribution in [2.45, 2.75) is 19.9 Å². The van der Waals surface area contributed by atoms with Crippen LogP contribution in [0.25, 0.3) is 0 Å². The first-order chi connectivity index (χ1) is 7.93. The highest BCUT2D eigenvalue weighted by Gasteiger charge is 2.16. The number of hydrogen-bond acceptors (Lipinski definition) is 2. The molecule has 0 aliphatic rings. The first-order valence-electron chi connectivity index (χ1n) is 5.41. The molecule has 0 aromatic heterocycles. The predicted molar refractivity (Wildman–Crippen MR) is 61.5 cm³/mol. The van der Waals surface area contributed by atoms with Gasteiger partial charge in [-0.1, -0.05) is 13.8 Å². The monoisotopic (exact) mass is 242 g/mol. The lowest BCUT2D eigenvalue weighted by molar-refractivity contribution is 0.0927. The Balaban J connectivity index is 2.82. The summed E-state index contributed by atoms with van der Waals surface area (Å²) in [7, 11) is 0. The zero-order valence-electron chi connectivity index (χ0n) is 9.84. The Hall–Kier alpha value is -1.49. The molecule has 5 heteroatoms. The largest absolute Gasteiger partial charge is 0.348 e. The Labute approximate surface area is 99.0 Å². The summed E-state index contributed by atoms with van der Waals surface area (Å²) in [6.45, 7) is 4.09. The zero-order chi connectivity index (χ0) is 13.0. The van der Waals surface area contributed by atoms with Crippen molar-refractivity contribution in [3.8, 4) is 0 Å². The Morgan fingerprint density at radius 1 is 1.29 bits per heavy atom. The average Bonchev–Trinajstić information content (AvgIpc) is 2.23. The van der Waals surface area contributed by atoms with Crippen LogP contribution in [-0.2, 0) is 0 Å². The smallest absolute Gasteiger partial charge is 0.251 e. The Morgan fingerprint density at radius 2 is 1.82 bits per heavy atom. The van der Waals surface area contributed by atoms with Crippen LogP contribution in [0.15, 0.2) is 18.2 Å². The summed E-state index contributed by atoms with van der Waals surface area (Å²) >= 11 is 0. The maximum absolute atomic E-state index is 12.9. The highest BCUT2D eigenvalue weighted by atomic mass is 19.1. The van der Waals surface area contributed by atoms with E-state index < -0.39 is 17.5 Å². The van der Waals surface area contributed by atoms with Gasteiger partial charge in [-0.3, -0.25) is 4.79 Å². The maximum atomic E-state index is 12.9. The fourth-order valence-electron chi connectivity index (χ4n) is 1.43. The molecule has 0 heterocycles. The number of nitrogens with two attached hydrogens (primary N) is 1. The van der Waals surface area contributed by atoms with Crippen molar-refractivity contribution >= 4 is 5.91 Å². The van der Waals surface area contributed by atoms with Crippen molar-refractivity contribution in [2.24, 2.45) is 11.7 Å². The van der Waals surface area contributed by atoms with Crippen LogP contribution in [0.3, 0.4) is 0 Å². The van der Waals surface area contributed by atoms with Crippen LogP contribution >= 0.6 is 0 Å². The van der Waals surface area contributed by atoms with Crippen LogP contribution in [0.2, 0.25) is 0 Å². The van der Waals surface area contributed by atoms with E-state index in [4.69, 9.17) is 5.73 Å². The Bertz CT molecular complexity index is 387. The van der Waals surface area contributed by atoms with Gasteiger partial charge in [0.25, 0.3) is 5.91 Å². The maximum Gasteiger partial charge on any atom is 0.251 e. The van der Waals surface area contributed by atoms with E-state index in [0.717, 1.165) is 18.2 Å². The molecule has 0 bridgehead atoms. The van der Waals surface area contributed by atoms with E-state index in [2.05, 4.69) is 5.32 Å². The number of hydrogen-bond donors (Lipinski definition) is 2. The first kappa shape index (κ1) is 13.6. The molecular weight excluding hydrogens is 226 g/mol. The molecular formula is C12H16F2N2O. The van der Waals surface area contributed by atoms with E-state index in [1.165, 1.54) is 0 Å². The minimum atomic E-state index is -0.774. The second kappa shape index (κ2) is 5.72. The zero-order valence-corrected chi connectivity index (χ0v) is 9.84. The number of rotatable bonds is 4. The fourth-order valence-corrected chi connectivity index (χ4v) is 1.43. The predicted octanol–water partition coefficient (Wildman–Crippen LogP) is 1.68. The molecule has 1 unspecified atom stereocenters. The Kier molecular flexibility index (Phi) is 4.57. The number of carbonyl (C=O) groups is 1. The van der Waals surface area contributed by atoms with Crippen LogP contribution < -0.4 is 11.1 Å². The van der Waals surface area contributed by atoms with Gasteiger partial charge in [0.2, 0.25) is 0 Å². The lowest BCUT2D eigenvalue weighted by atomic mass is 10.0. The van der Waals surface area contributed by atoms with Gasteiger partial charge in [-0.2, -0.15) is 0 Å². The fraction of sp³-hybridized carbons (Fsp3) is 0.417. The van der Waals surface area contributed by atoms with Crippen molar-refractivity contribution in [3.05, 3.63) is 35.4 Å². The van der Waals surface area contributed by atoms with Gasteiger partial charge in [-0.25, -0.2) is 8.78 Å². The van der Waals surface area contributed by atoms with E-state index in [1.54, 1.807) is 0 Å². The second-order valence-corrected chi connectivity index (χ2v) is 4.22. The van der Waals surface area contributed by atoms with Crippen LogP contribution in [-0.4, -0.2) is 18.5 Å². The quantitative estimate of drug-likeness (QED) is 0.844. The minimum absolute atomic E-state index is 0.0402. The standard InChI is InChI=1S/C12H16F2N2O/c1-7(2)11(6-15)16-12(17)8-3-9(13)5-10(14)4-8/h3-5,7,11H,6,15H2,1-2H3,(H,16,17). The van der Waals surface area contributed by atoms with Gasteiger partial charge in [0.1, 0.15) is 11.6 Å². The molecule has 0 radical (unpaired) electrons. The molecule has 0 aliphatic carbocycles. The van der Waals surface area contributed by atoms with Crippen molar-refractivity contribution in [1.82, 2.24) is 5.32 Å². The van der Waals surface area contributed by atoms with E-state index in [-0.39, 0.29) is 24.1 Å². The summed E-state index contributed by atoms with van der Waals surface area (Å²) in [4.78, 5) is 11.7. The number of benzene rings is 1. The molecule has 0 fully saturated rings. The third-order valence-corrected chi connectivity index (χ3v) is 2.50. The normalized spacial score (nSPS) is 12.6. The number of carbonyl (C=O) groups excluding carboxylic acids is 1. The van der Waals surface area contributed by atoms with Crippen molar-refractivity contribution < 1.29 is 13.6 Å². The van der Waals surface area contributed by atoms with Gasteiger partial charge in [-0.15, -0.1) is 0 Å². The molecule has 1 amide bonds. The molecule has 1 atom stereocenters. The molecule has 0 aliphatic heterocycles. The lowest BCUT2D eigenvalue weighted by Gasteiger charge is -2.20. The van der Waals surface area contributed by atoms with Crippen molar-refractivity contribution in [1.29, 1.82) is 0 Å². The highest BCUT2D eigenvalue weighted by Crippen LogP contribution is 2.09. The van der Waals surface area contributed by atoms with E-state index in [9.17, 15) is 13.6 Å². The van der Waals surface area contributed by atoms with Gasteiger partial charge >= 0.3 is 0 Å². The van der Waals surface area contributed by atoms with E-state index >= 15 is 0 Å². The minimum Gasteiger partial charge on any atom is -0.348 e. The van der Waals surface area contributed by atoms with Gasteiger partial charge in [0.15, 0.2) is 0 Å².